The lowest BCUT2D eigenvalue weighted by Crippen LogP contribution is -1.88. The lowest BCUT2D eigenvalue weighted by atomic mass is 9.99. The van der Waals surface area contributed by atoms with E-state index < -0.39 is 0 Å². The van der Waals surface area contributed by atoms with Gasteiger partial charge in [0.2, 0.25) is 0 Å². The van der Waals surface area contributed by atoms with Crippen molar-refractivity contribution in [1.29, 1.82) is 0 Å². The summed E-state index contributed by atoms with van der Waals surface area (Å²) in [6.07, 6.45) is 4.45. The Balaban J connectivity index is 2.38. The summed E-state index contributed by atoms with van der Waals surface area (Å²) in [6, 6.07) is 11.1. The van der Waals surface area contributed by atoms with Crippen molar-refractivity contribution in [1.82, 2.24) is 0 Å². The van der Waals surface area contributed by atoms with Crippen molar-refractivity contribution in [2.75, 3.05) is 0 Å². The second kappa shape index (κ2) is 5.44. The molecule has 0 aliphatic rings. The van der Waals surface area contributed by atoms with Crippen molar-refractivity contribution in [3.05, 3.63) is 69.3 Å². The molecule has 0 aliphatic heterocycles. The molecule has 0 aliphatic carbocycles. The topological polar surface area (TPSA) is 0 Å². The van der Waals surface area contributed by atoms with Crippen LogP contribution in [0.25, 0.3) is 12.2 Å². The third kappa shape index (κ3) is 3.14. The first-order chi connectivity index (χ1) is 8.97. The molecular formula is C19H22. The molecule has 0 saturated carbocycles. The van der Waals surface area contributed by atoms with E-state index in [1.807, 2.05) is 0 Å². The molecule has 0 heteroatoms. The third-order valence-corrected chi connectivity index (χ3v) is 3.76. The van der Waals surface area contributed by atoms with Gasteiger partial charge in [0.1, 0.15) is 0 Å². The van der Waals surface area contributed by atoms with Gasteiger partial charge in [0.25, 0.3) is 0 Å². The van der Waals surface area contributed by atoms with Gasteiger partial charge in [-0.05, 0) is 68.0 Å². The van der Waals surface area contributed by atoms with Crippen LogP contribution in [-0.4, -0.2) is 0 Å². The Hall–Kier alpha value is -1.82. The lowest BCUT2D eigenvalue weighted by molar-refractivity contribution is 1.29. The minimum atomic E-state index is 1.30. The molecular weight excluding hydrogens is 228 g/mol. The Morgan fingerprint density at radius 1 is 0.579 bits per heavy atom. The molecule has 0 heterocycles. The molecule has 0 radical (unpaired) electrons. The number of aryl methyl sites for hydroxylation is 5. The fraction of sp³-hybridized carbons (Fsp3) is 0.263. The van der Waals surface area contributed by atoms with Gasteiger partial charge in [0.05, 0.1) is 0 Å². The molecule has 0 atom stereocenters. The van der Waals surface area contributed by atoms with E-state index in [4.69, 9.17) is 0 Å². The van der Waals surface area contributed by atoms with Crippen molar-refractivity contribution in [2.24, 2.45) is 0 Å². The van der Waals surface area contributed by atoms with Gasteiger partial charge in [0, 0.05) is 0 Å². The molecule has 0 unspecified atom stereocenters. The summed E-state index contributed by atoms with van der Waals surface area (Å²) in [4.78, 5) is 0. The predicted octanol–water partition coefficient (Wildman–Crippen LogP) is 5.40. The summed E-state index contributed by atoms with van der Waals surface area (Å²) in [5, 5.41) is 0. The van der Waals surface area contributed by atoms with Crippen LogP contribution in [0.15, 0.2) is 30.3 Å². The van der Waals surface area contributed by atoms with Crippen LogP contribution in [0.4, 0.5) is 0 Å². The number of hydrogen-bond acceptors (Lipinski definition) is 0. The van der Waals surface area contributed by atoms with Crippen LogP contribution in [0, 0.1) is 34.6 Å². The monoisotopic (exact) mass is 250 g/mol. The second-order valence-electron chi connectivity index (χ2n) is 5.49. The molecule has 2 aromatic carbocycles. The zero-order valence-corrected chi connectivity index (χ0v) is 12.5. The standard InChI is InChI=1S/C19H22/c1-13-6-7-14(2)18(10-13)8-9-19-12-16(4)15(3)11-17(19)5/h6-12H,1-5H3/b9-8+. The third-order valence-electron chi connectivity index (χ3n) is 3.76. The van der Waals surface area contributed by atoms with Gasteiger partial charge in [-0.25, -0.2) is 0 Å². The summed E-state index contributed by atoms with van der Waals surface area (Å²) in [5.41, 5.74) is 9.30. The second-order valence-corrected chi connectivity index (χ2v) is 5.49. The average Bonchev–Trinajstić information content (AvgIpc) is 2.36. The number of rotatable bonds is 2. The fourth-order valence-electron chi connectivity index (χ4n) is 2.28. The van der Waals surface area contributed by atoms with E-state index in [0.717, 1.165) is 0 Å². The maximum atomic E-state index is 2.27. The van der Waals surface area contributed by atoms with Crippen molar-refractivity contribution < 1.29 is 0 Å². The van der Waals surface area contributed by atoms with E-state index in [1.165, 1.54) is 38.9 Å². The Bertz CT molecular complexity index is 631. The van der Waals surface area contributed by atoms with Gasteiger partial charge in [-0.1, -0.05) is 48.0 Å². The van der Waals surface area contributed by atoms with Crippen LogP contribution in [0.3, 0.4) is 0 Å². The van der Waals surface area contributed by atoms with Crippen molar-refractivity contribution in [2.45, 2.75) is 34.6 Å². The van der Waals surface area contributed by atoms with Crippen LogP contribution >= 0.6 is 0 Å². The van der Waals surface area contributed by atoms with Gasteiger partial charge in [-0.3, -0.25) is 0 Å². The summed E-state index contributed by atoms with van der Waals surface area (Å²) in [7, 11) is 0. The Kier molecular flexibility index (Phi) is 3.90. The first kappa shape index (κ1) is 13.6. The maximum absolute atomic E-state index is 2.27. The molecule has 0 fully saturated rings. The van der Waals surface area contributed by atoms with Crippen molar-refractivity contribution >= 4 is 12.2 Å². The first-order valence-electron chi connectivity index (χ1n) is 6.80. The highest BCUT2D eigenvalue weighted by Crippen LogP contribution is 2.19. The maximum Gasteiger partial charge on any atom is -0.0224 e. The number of hydrogen-bond donors (Lipinski definition) is 0. The fourth-order valence-corrected chi connectivity index (χ4v) is 2.28. The normalized spacial score (nSPS) is 11.2. The summed E-state index contributed by atoms with van der Waals surface area (Å²) < 4.78 is 0. The molecule has 0 aromatic heterocycles. The van der Waals surface area contributed by atoms with E-state index >= 15 is 0 Å². The molecule has 0 bridgehead atoms. The summed E-state index contributed by atoms with van der Waals surface area (Å²) in [6.45, 7) is 10.8. The van der Waals surface area contributed by atoms with Crippen molar-refractivity contribution in [3.63, 3.8) is 0 Å². The van der Waals surface area contributed by atoms with E-state index in [0.29, 0.717) is 0 Å². The minimum Gasteiger partial charge on any atom is -0.0590 e. The van der Waals surface area contributed by atoms with E-state index in [9.17, 15) is 0 Å². The van der Waals surface area contributed by atoms with Gasteiger partial charge in [0.15, 0.2) is 0 Å². The van der Waals surface area contributed by atoms with Gasteiger partial charge in [-0.2, -0.15) is 0 Å². The first-order valence-corrected chi connectivity index (χ1v) is 6.80. The van der Waals surface area contributed by atoms with Crippen LogP contribution in [-0.2, 0) is 0 Å². The molecule has 2 rings (SSSR count). The van der Waals surface area contributed by atoms with E-state index in [1.54, 1.807) is 0 Å². The molecule has 2 aromatic rings. The molecule has 0 amide bonds. The smallest absolute Gasteiger partial charge is 0.0224 e. The van der Waals surface area contributed by atoms with Crippen LogP contribution in [0.5, 0.6) is 0 Å². The highest BCUT2D eigenvalue weighted by atomic mass is 14.0. The summed E-state index contributed by atoms with van der Waals surface area (Å²) in [5.74, 6) is 0. The molecule has 19 heavy (non-hydrogen) atoms. The van der Waals surface area contributed by atoms with E-state index in [-0.39, 0.29) is 0 Å². The van der Waals surface area contributed by atoms with Crippen LogP contribution in [0.1, 0.15) is 38.9 Å². The Labute approximate surface area is 116 Å². The zero-order chi connectivity index (χ0) is 14.0. The average molecular weight is 250 g/mol. The van der Waals surface area contributed by atoms with Gasteiger partial charge in [-0.15, -0.1) is 0 Å². The molecule has 0 saturated heterocycles. The quantitative estimate of drug-likeness (QED) is 0.626. The molecule has 98 valence electrons. The highest BCUT2D eigenvalue weighted by molar-refractivity contribution is 5.73. The number of benzene rings is 2. The van der Waals surface area contributed by atoms with Gasteiger partial charge < -0.3 is 0 Å². The van der Waals surface area contributed by atoms with E-state index in [2.05, 4.69) is 77.1 Å². The minimum absolute atomic E-state index is 1.30. The van der Waals surface area contributed by atoms with Gasteiger partial charge >= 0.3 is 0 Å². The summed E-state index contributed by atoms with van der Waals surface area (Å²) >= 11 is 0. The largest absolute Gasteiger partial charge is 0.0590 e. The zero-order valence-electron chi connectivity index (χ0n) is 12.5. The Morgan fingerprint density at radius 3 is 1.84 bits per heavy atom. The lowest BCUT2D eigenvalue weighted by Gasteiger charge is -2.07. The van der Waals surface area contributed by atoms with Crippen LogP contribution < -0.4 is 0 Å². The molecule has 0 spiro atoms. The SMILES string of the molecule is Cc1ccc(C)c(/C=C/c2cc(C)c(C)cc2C)c1. The molecule has 0 nitrogen and oxygen atoms in total. The highest BCUT2D eigenvalue weighted by Gasteiger charge is 2.00. The Morgan fingerprint density at radius 2 is 1.16 bits per heavy atom. The van der Waals surface area contributed by atoms with Crippen molar-refractivity contribution in [3.8, 4) is 0 Å². The van der Waals surface area contributed by atoms with Crippen LogP contribution in [0.2, 0.25) is 0 Å². The molecule has 0 N–H and O–H groups in total. The predicted molar refractivity (Wildman–Crippen MR) is 85.5 cm³/mol.